The molecule has 1 aromatic carbocycles. The molecule has 8 heteroatoms. The molecular weight excluding hydrogens is 332 g/mol. The number of hydrogen-bond acceptors (Lipinski definition) is 4. The zero-order valence-electron chi connectivity index (χ0n) is 13.5. The molecule has 0 atom stereocenters. The van der Waals surface area contributed by atoms with Crippen LogP contribution in [0.1, 0.15) is 13.8 Å². The van der Waals surface area contributed by atoms with Crippen LogP contribution >= 0.6 is 0 Å². The molecule has 24 heavy (non-hydrogen) atoms. The van der Waals surface area contributed by atoms with Crippen molar-refractivity contribution >= 4 is 27.6 Å². The van der Waals surface area contributed by atoms with E-state index in [1.807, 2.05) is 0 Å². The molecule has 0 saturated carbocycles. The number of carbonyl (C=O) groups is 2. The molecular formula is C16H18N2O5S. The van der Waals surface area contributed by atoms with Gasteiger partial charge < -0.3 is 10.0 Å². The molecule has 0 fully saturated rings. The maximum atomic E-state index is 12.7. The lowest BCUT2D eigenvalue weighted by molar-refractivity contribution is -0.152. The van der Waals surface area contributed by atoms with Crippen molar-refractivity contribution in [3.63, 3.8) is 0 Å². The van der Waals surface area contributed by atoms with Crippen molar-refractivity contribution in [2.45, 2.75) is 18.7 Å². The van der Waals surface area contributed by atoms with Gasteiger partial charge >= 0.3 is 5.97 Å². The van der Waals surface area contributed by atoms with Crippen molar-refractivity contribution < 1.29 is 23.1 Å². The summed E-state index contributed by atoms with van der Waals surface area (Å²) >= 11 is 0. The number of carboxylic acid groups (broad SMARTS) is 1. The molecule has 0 aliphatic heterocycles. The summed E-state index contributed by atoms with van der Waals surface area (Å²) in [7, 11) is -2.54. The van der Waals surface area contributed by atoms with E-state index in [-0.39, 0.29) is 10.6 Å². The quantitative estimate of drug-likeness (QED) is 0.830. The van der Waals surface area contributed by atoms with E-state index >= 15 is 0 Å². The monoisotopic (exact) mass is 350 g/mol. The van der Waals surface area contributed by atoms with Crippen LogP contribution in [-0.4, -0.2) is 36.4 Å². The number of benzene rings is 1. The highest BCUT2D eigenvalue weighted by atomic mass is 32.2. The fraction of sp³-hybridized carbons (Fsp3) is 0.250. The van der Waals surface area contributed by atoms with Crippen LogP contribution in [0.25, 0.3) is 0 Å². The van der Waals surface area contributed by atoms with Gasteiger partial charge in [0, 0.05) is 19.4 Å². The molecule has 1 aromatic heterocycles. The van der Waals surface area contributed by atoms with Gasteiger partial charge in [0.05, 0.1) is 5.69 Å². The first kappa shape index (κ1) is 17.7. The normalized spacial score (nSPS) is 12.0. The van der Waals surface area contributed by atoms with Gasteiger partial charge in [-0.1, -0.05) is 12.1 Å². The van der Waals surface area contributed by atoms with Crippen LogP contribution in [0.5, 0.6) is 0 Å². The average Bonchev–Trinajstić information content (AvgIpc) is 3.08. The molecule has 1 N–H and O–H groups in total. The van der Waals surface area contributed by atoms with Gasteiger partial charge in [-0.3, -0.25) is 9.59 Å². The second-order valence-electron chi connectivity index (χ2n) is 5.78. The van der Waals surface area contributed by atoms with Crippen molar-refractivity contribution in [2.24, 2.45) is 5.41 Å². The first-order valence-corrected chi connectivity index (χ1v) is 8.53. The Hall–Kier alpha value is -2.61. The van der Waals surface area contributed by atoms with Crippen LogP contribution in [-0.2, 0) is 19.6 Å². The SMILES string of the molecule is CN(C(=O)C(C)(C)C(=O)O)c1ccccc1S(=O)(=O)n1cccc1. The molecule has 0 aliphatic rings. The minimum absolute atomic E-state index is 0.0850. The van der Waals surface area contributed by atoms with Gasteiger partial charge in [0.15, 0.2) is 0 Å². The first-order chi connectivity index (χ1) is 11.1. The Labute approximate surface area is 140 Å². The number of rotatable bonds is 5. The largest absolute Gasteiger partial charge is 0.480 e. The summed E-state index contributed by atoms with van der Waals surface area (Å²) in [6.07, 6.45) is 2.77. The maximum absolute atomic E-state index is 12.7. The summed E-state index contributed by atoms with van der Waals surface area (Å²) in [4.78, 5) is 24.8. The zero-order valence-corrected chi connectivity index (χ0v) is 14.3. The van der Waals surface area contributed by atoms with E-state index in [1.54, 1.807) is 24.3 Å². The summed E-state index contributed by atoms with van der Waals surface area (Å²) in [5.74, 6) is -2.00. The van der Waals surface area contributed by atoms with Crippen LogP contribution in [0.4, 0.5) is 5.69 Å². The third-order valence-electron chi connectivity index (χ3n) is 3.73. The van der Waals surface area contributed by atoms with Gasteiger partial charge in [-0.05, 0) is 38.1 Å². The maximum Gasteiger partial charge on any atom is 0.318 e. The Balaban J connectivity index is 2.55. The van der Waals surface area contributed by atoms with E-state index in [0.29, 0.717) is 0 Å². The molecule has 0 unspecified atom stereocenters. The number of anilines is 1. The van der Waals surface area contributed by atoms with Crippen LogP contribution in [0, 0.1) is 5.41 Å². The first-order valence-electron chi connectivity index (χ1n) is 7.09. The number of carboxylic acids is 1. The topological polar surface area (TPSA) is 96.7 Å². The van der Waals surface area contributed by atoms with E-state index in [0.717, 1.165) is 8.87 Å². The standard InChI is InChI=1S/C16H18N2O5S/c1-16(2,15(20)21)14(19)17(3)12-8-4-5-9-13(12)24(22,23)18-10-6-7-11-18/h4-11H,1-3H3,(H,20,21). The molecule has 0 spiro atoms. The van der Waals surface area contributed by atoms with Crippen LogP contribution in [0.2, 0.25) is 0 Å². The highest BCUT2D eigenvalue weighted by molar-refractivity contribution is 7.90. The van der Waals surface area contributed by atoms with E-state index in [4.69, 9.17) is 0 Å². The van der Waals surface area contributed by atoms with Gasteiger partial charge in [-0.15, -0.1) is 0 Å². The molecule has 7 nitrogen and oxygen atoms in total. The molecule has 0 aliphatic carbocycles. The summed E-state index contributed by atoms with van der Waals surface area (Å²) in [6, 6.07) is 9.11. The third kappa shape index (κ3) is 2.92. The molecule has 0 bridgehead atoms. The molecule has 1 amide bonds. The Morgan fingerprint density at radius 1 is 1.08 bits per heavy atom. The van der Waals surface area contributed by atoms with Crippen LogP contribution in [0.3, 0.4) is 0 Å². The van der Waals surface area contributed by atoms with Gasteiger partial charge in [0.2, 0.25) is 5.91 Å². The minimum Gasteiger partial charge on any atom is -0.480 e. The van der Waals surface area contributed by atoms with Crippen molar-refractivity contribution in [1.29, 1.82) is 0 Å². The number of carbonyl (C=O) groups excluding carboxylic acids is 1. The van der Waals surface area contributed by atoms with Gasteiger partial charge in [0.1, 0.15) is 10.3 Å². The Kier molecular flexibility index (Phi) is 4.52. The van der Waals surface area contributed by atoms with E-state index in [2.05, 4.69) is 0 Å². The number of nitrogens with zero attached hydrogens (tertiary/aromatic N) is 2. The average molecular weight is 350 g/mol. The molecule has 1 heterocycles. The fourth-order valence-electron chi connectivity index (χ4n) is 2.17. The van der Waals surface area contributed by atoms with E-state index in [1.165, 1.54) is 45.4 Å². The summed E-state index contributed by atoms with van der Waals surface area (Å²) in [5, 5.41) is 9.22. The van der Waals surface area contributed by atoms with Crippen LogP contribution < -0.4 is 4.90 Å². The molecule has 128 valence electrons. The molecule has 2 rings (SSSR count). The van der Waals surface area contributed by atoms with Gasteiger partial charge in [-0.2, -0.15) is 0 Å². The molecule has 0 radical (unpaired) electrons. The number of aromatic nitrogens is 1. The van der Waals surface area contributed by atoms with Crippen molar-refractivity contribution in [3.05, 3.63) is 48.8 Å². The number of amides is 1. The third-order valence-corrected chi connectivity index (χ3v) is 5.43. The lowest BCUT2D eigenvalue weighted by Gasteiger charge is -2.27. The Bertz CT molecular complexity index is 870. The Morgan fingerprint density at radius 2 is 1.62 bits per heavy atom. The second-order valence-corrected chi connectivity index (χ2v) is 7.59. The fourth-order valence-corrected chi connectivity index (χ4v) is 3.57. The number of aliphatic carboxylic acids is 1. The number of para-hydroxylation sites is 1. The second kappa shape index (κ2) is 6.12. The van der Waals surface area contributed by atoms with Crippen LogP contribution in [0.15, 0.2) is 53.7 Å². The summed E-state index contributed by atoms with van der Waals surface area (Å²) in [6.45, 7) is 2.55. The van der Waals surface area contributed by atoms with Crippen molar-refractivity contribution in [1.82, 2.24) is 3.97 Å². The summed E-state index contributed by atoms with van der Waals surface area (Å²) < 4.78 is 26.5. The minimum atomic E-state index is -3.90. The van der Waals surface area contributed by atoms with E-state index < -0.39 is 27.3 Å². The van der Waals surface area contributed by atoms with E-state index in [9.17, 15) is 23.1 Å². The highest BCUT2D eigenvalue weighted by Crippen LogP contribution is 2.29. The Morgan fingerprint density at radius 3 is 2.17 bits per heavy atom. The predicted octanol–water partition coefficient (Wildman–Crippen LogP) is 1.80. The zero-order chi connectivity index (χ0) is 18.1. The highest BCUT2D eigenvalue weighted by Gasteiger charge is 2.39. The van der Waals surface area contributed by atoms with Crippen molar-refractivity contribution in [2.75, 3.05) is 11.9 Å². The lowest BCUT2D eigenvalue weighted by atomic mass is 9.92. The molecule has 0 saturated heterocycles. The summed E-state index contributed by atoms with van der Waals surface area (Å²) in [5.41, 5.74) is -1.57. The van der Waals surface area contributed by atoms with Crippen molar-refractivity contribution in [3.8, 4) is 0 Å². The smallest absolute Gasteiger partial charge is 0.318 e. The molecule has 2 aromatic rings. The lowest BCUT2D eigenvalue weighted by Crippen LogP contribution is -2.44. The van der Waals surface area contributed by atoms with Gasteiger partial charge in [-0.25, -0.2) is 12.4 Å². The number of hydrogen-bond donors (Lipinski definition) is 1. The van der Waals surface area contributed by atoms with Gasteiger partial charge in [0.25, 0.3) is 10.0 Å². The predicted molar refractivity (Wildman–Crippen MR) is 88.3 cm³/mol.